The number of hydrogen-bond acceptors (Lipinski definition) is 3. The van der Waals surface area contributed by atoms with Crippen molar-refractivity contribution < 1.29 is 9.90 Å². The van der Waals surface area contributed by atoms with E-state index in [1.807, 2.05) is 41.1 Å². The van der Waals surface area contributed by atoms with Crippen LogP contribution in [0.5, 0.6) is 0 Å². The van der Waals surface area contributed by atoms with Gasteiger partial charge in [-0.05, 0) is 22.8 Å². The summed E-state index contributed by atoms with van der Waals surface area (Å²) in [5, 5.41) is 14.1. The van der Waals surface area contributed by atoms with Crippen LogP contribution in [0.3, 0.4) is 0 Å². The number of rotatable bonds is 5. The highest BCUT2D eigenvalue weighted by Crippen LogP contribution is 2.26. The van der Waals surface area contributed by atoms with Crippen LogP contribution in [0.15, 0.2) is 48.5 Å². The minimum atomic E-state index is -0.918. The molecule has 0 aliphatic rings. The van der Waals surface area contributed by atoms with Crippen molar-refractivity contribution in [2.45, 2.75) is 52.5 Å². The number of carbonyl (C=O) groups is 1. The fraction of sp³-hybridized carbons (Fsp3) is 0.348. The molecule has 5 heteroatoms. The Kier molecular flexibility index (Phi) is 5.36. The minimum Gasteiger partial charge on any atom is -0.478 e. The first-order valence-electron chi connectivity index (χ1n) is 9.53. The Bertz CT molecular complexity index is 980. The number of nitrogens with zero attached hydrogens (tertiary/aromatic N) is 3. The Labute approximate surface area is 166 Å². The van der Waals surface area contributed by atoms with Crippen molar-refractivity contribution in [2.75, 3.05) is 0 Å². The summed E-state index contributed by atoms with van der Waals surface area (Å²) < 4.78 is 1.98. The van der Waals surface area contributed by atoms with Gasteiger partial charge in [0.05, 0.1) is 12.1 Å². The third-order valence-electron chi connectivity index (χ3n) is 4.63. The second kappa shape index (κ2) is 7.58. The molecular weight excluding hydrogens is 350 g/mol. The molecular formula is C23H27N3O2. The van der Waals surface area contributed by atoms with E-state index in [0.29, 0.717) is 12.1 Å². The van der Waals surface area contributed by atoms with Gasteiger partial charge in [0.15, 0.2) is 5.82 Å². The molecule has 146 valence electrons. The normalized spacial score (nSPS) is 11.8. The Morgan fingerprint density at radius 2 is 1.71 bits per heavy atom. The molecule has 0 amide bonds. The fourth-order valence-corrected chi connectivity index (χ4v) is 3.15. The molecule has 5 nitrogen and oxygen atoms in total. The average Bonchev–Trinajstić information content (AvgIpc) is 3.07. The maximum atomic E-state index is 11.5. The van der Waals surface area contributed by atoms with Crippen molar-refractivity contribution in [1.29, 1.82) is 0 Å². The lowest BCUT2D eigenvalue weighted by Gasteiger charge is -2.18. The van der Waals surface area contributed by atoms with Gasteiger partial charge in [0.1, 0.15) is 5.82 Å². The molecule has 1 N–H and O–H groups in total. The Morgan fingerprint density at radius 1 is 1.07 bits per heavy atom. The molecule has 0 aliphatic heterocycles. The largest absolute Gasteiger partial charge is 0.478 e. The number of aromatic nitrogens is 3. The number of carboxylic acids is 1. The molecule has 0 spiro atoms. The van der Waals surface area contributed by atoms with E-state index in [-0.39, 0.29) is 11.3 Å². The third kappa shape index (κ3) is 4.14. The SMILES string of the molecule is CC(C)c1nc(C(C)(C)C)n(Cc2ccc(-c3ccccc3C(=O)O)cc2)n1. The van der Waals surface area contributed by atoms with Gasteiger partial charge in [-0.25, -0.2) is 14.5 Å². The summed E-state index contributed by atoms with van der Waals surface area (Å²) in [6.07, 6.45) is 0. The van der Waals surface area contributed by atoms with E-state index in [2.05, 4.69) is 34.6 Å². The second-order valence-electron chi connectivity index (χ2n) is 8.40. The van der Waals surface area contributed by atoms with Gasteiger partial charge in [-0.2, -0.15) is 5.10 Å². The smallest absolute Gasteiger partial charge is 0.336 e. The maximum absolute atomic E-state index is 11.5. The molecule has 28 heavy (non-hydrogen) atoms. The summed E-state index contributed by atoms with van der Waals surface area (Å²) in [6, 6.07) is 15.0. The first-order valence-corrected chi connectivity index (χ1v) is 9.53. The molecule has 1 aromatic heterocycles. The topological polar surface area (TPSA) is 68.0 Å². The monoisotopic (exact) mass is 377 g/mol. The van der Waals surface area contributed by atoms with Crippen LogP contribution in [-0.2, 0) is 12.0 Å². The molecule has 0 unspecified atom stereocenters. The molecule has 3 rings (SSSR count). The van der Waals surface area contributed by atoms with Crippen LogP contribution in [0.2, 0.25) is 0 Å². The van der Waals surface area contributed by atoms with Crippen LogP contribution in [0.25, 0.3) is 11.1 Å². The quantitative estimate of drug-likeness (QED) is 0.671. The van der Waals surface area contributed by atoms with Gasteiger partial charge in [0, 0.05) is 11.3 Å². The fourth-order valence-electron chi connectivity index (χ4n) is 3.15. The van der Waals surface area contributed by atoms with Crippen molar-refractivity contribution in [1.82, 2.24) is 14.8 Å². The molecule has 0 radical (unpaired) electrons. The lowest BCUT2D eigenvalue weighted by molar-refractivity contribution is 0.0697. The predicted molar refractivity (Wildman–Crippen MR) is 111 cm³/mol. The van der Waals surface area contributed by atoms with Crippen LogP contribution in [0.4, 0.5) is 0 Å². The van der Waals surface area contributed by atoms with E-state index in [9.17, 15) is 9.90 Å². The Hall–Kier alpha value is -2.95. The molecule has 0 saturated heterocycles. The Morgan fingerprint density at radius 3 is 2.29 bits per heavy atom. The van der Waals surface area contributed by atoms with E-state index in [1.165, 1.54) is 0 Å². The van der Waals surface area contributed by atoms with Crippen molar-refractivity contribution in [3.8, 4) is 11.1 Å². The zero-order chi connectivity index (χ0) is 20.5. The number of aromatic carboxylic acids is 1. The number of carboxylic acid groups (broad SMARTS) is 1. The maximum Gasteiger partial charge on any atom is 0.336 e. The first kappa shape index (κ1) is 19.8. The van der Waals surface area contributed by atoms with E-state index >= 15 is 0 Å². The zero-order valence-corrected chi connectivity index (χ0v) is 17.1. The number of hydrogen-bond donors (Lipinski definition) is 1. The lowest BCUT2D eigenvalue weighted by atomic mass is 9.95. The van der Waals surface area contributed by atoms with Crippen LogP contribution in [0.1, 0.15) is 68.1 Å². The van der Waals surface area contributed by atoms with Crippen LogP contribution in [-0.4, -0.2) is 25.8 Å². The highest BCUT2D eigenvalue weighted by molar-refractivity contribution is 5.95. The van der Waals surface area contributed by atoms with Crippen LogP contribution in [0, 0.1) is 0 Å². The predicted octanol–water partition coefficient (Wildman–Crippen LogP) is 5.11. The average molecular weight is 377 g/mol. The van der Waals surface area contributed by atoms with Crippen molar-refractivity contribution in [2.24, 2.45) is 0 Å². The van der Waals surface area contributed by atoms with Gasteiger partial charge in [-0.1, -0.05) is 77.1 Å². The summed E-state index contributed by atoms with van der Waals surface area (Å²) in [7, 11) is 0. The first-order chi connectivity index (χ1) is 13.2. The third-order valence-corrected chi connectivity index (χ3v) is 4.63. The molecule has 1 heterocycles. The summed E-state index contributed by atoms with van der Waals surface area (Å²) in [5.74, 6) is 1.18. The van der Waals surface area contributed by atoms with E-state index in [4.69, 9.17) is 10.1 Å². The van der Waals surface area contributed by atoms with Crippen molar-refractivity contribution in [3.05, 3.63) is 71.3 Å². The van der Waals surface area contributed by atoms with E-state index in [1.54, 1.807) is 12.1 Å². The highest BCUT2D eigenvalue weighted by atomic mass is 16.4. The summed E-state index contributed by atoms with van der Waals surface area (Å²) in [4.78, 5) is 16.2. The second-order valence-corrected chi connectivity index (χ2v) is 8.40. The molecule has 2 aromatic carbocycles. The van der Waals surface area contributed by atoms with Gasteiger partial charge in [-0.15, -0.1) is 0 Å². The molecule has 0 bridgehead atoms. The molecule has 0 atom stereocenters. The minimum absolute atomic E-state index is 0.0967. The molecule has 3 aromatic rings. The van der Waals surface area contributed by atoms with E-state index < -0.39 is 5.97 Å². The zero-order valence-electron chi connectivity index (χ0n) is 17.1. The van der Waals surface area contributed by atoms with E-state index in [0.717, 1.165) is 28.3 Å². The summed E-state index contributed by atoms with van der Waals surface area (Å²) >= 11 is 0. The van der Waals surface area contributed by atoms with Gasteiger partial charge >= 0.3 is 5.97 Å². The van der Waals surface area contributed by atoms with Crippen LogP contribution < -0.4 is 0 Å². The lowest BCUT2D eigenvalue weighted by Crippen LogP contribution is -2.20. The standard InChI is InChI=1S/C23H27N3O2/c1-15(2)20-24-22(23(3,4)5)26(25-20)14-16-10-12-17(13-11-16)18-8-6-7-9-19(18)21(27)28/h6-13,15H,14H2,1-5H3,(H,27,28). The summed E-state index contributed by atoms with van der Waals surface area (Å²) in [5.41, 5.74) is 2.92. The molecule has 0 saturated carbocycles. The summed E-state index contributed by atoms with van der Waals surface area (Å²) in [6.45, 7) is 11.3. The van der Waals surface area contributed by atoms with Crippen molar-refractivity contribution in [3.63, 3.8) is 0 Å². The van der Waals surface area contributed by atoms with Gasteiger partial charge < -0.3 is 5.11 Å². The Balaban J connectivity index is 1.91. The van der Waals surface area contributed by atoms with Gasteiger partial charge in [-0.3, -0.25) is 0 Å². The molecule has 0 aliphatic carbocycles. The van der Waals surface area contributed by atoms with Crippen molar-refractivity contribution >= 4 is 5.97 Å². The molecule has 0 fully saturated rings. The van der Waals surface area contributed by atoms with Gasteiger partial charge in [0.25, 0.3) is 0 Å². The van der Waals surface area contributed by atoms with Crippen LogP contribution >= 0.6 is 0 Å². The number of benzene rings is 2. The highest BCUT2D eigenvalue weighted by Gasteiger charge is 2.24. The van der Waals surface area contributed by atoms with Gasteiger partial charge in [0.2, 0.25) is 0 Å².